The summed E-state index contributed by atoms with van der Waals surface area (Å²) >= 11 is 11.9. The van der Waals surface area contributed by atoms with E-state index in [9.17, 15) is 22.3 Å². The van der Waals surface area contributed by atoms with Gasteiger partial charge in [-0.15, -0.1) is 0 Å². The summed E-state index contributed by atoms with van der Waals surface area (Å²) in [6.45, 7) is -0.577. The molecule has 0 aliphatic rings. The lowest BCUT2D eigenvalue weighted by atomic mass is 10.1. The second-order valence-electron chi connectivity index (χ2n) is 6.52. The van der Waals surface area contributed by atoms with Gasteiger partial charge in [-0.05, 0) is 35.9 Å². The van der Waals surface area contributed by atoms with Gasteiger partial charge in [0.15, 0.2) is 5.82 Å². The van der Waals surface area contributed by atoms with Crippen molar-refractivity contribution in [3.05, 3.63) is 80.5 Å². The number of nitrogen functional groups attached to an aromatic ring is 1. The first-order valence-corrected chi connectivity index (χ1v) is 11.2. The average Bonchev–Trinajstić information content (AvgIpc) is 2.77. The summed E-state index contributed by atoms with van der Waals surface area (Å²) < 4.78 is 56.8. The molecule has 33 heavy (non-hydrogen) atoms. The summed E-state index contributed by atoms with van der Waals surface area (Å²) in [6, 6.07) is 5.45. The van der Waals surface area contributed by atoms with Crippen LogP contribution in [0.2, 0.25) is 10.0 Å². The molecule has 0 aliphatic carbocycles. The predicted octanol–water partition coefficient (Wildman–Crippen LogP) is 3.94. The number of nitrogens with two attached hydrogens (primary N) is 1. The summed E-state index contributed by atoms with van der Waals surface area (Å²) in [6.07, 6.45) is 2.21. The maximum Gasteiger partial charge on any atom is 0.263 e. The quantitative estimate of drug-likeness (QED) is 0.305. The van der Waals surface area contributed by atoms with Gasteiger partial charge in [0, 0.05) is 28.6 Å². The van der Waals surface area contributed by atoms with E-state index in [4.69, 9.17) is 34.3 Å². The molecule has 5 N–H and O–H groups in total. The molecule has 1 heterocycles. The van der Waals surface area contributed by atoms with Gasteiger partial charge in [0.05, 0.1) is 22.9 Å². The monoisotopic (exact) mass is 510 g/mol. The van der Waals surface area contributed by atoms with E-state index >= 15 is 0 Å². The van der Waals surface area contributed by atoms with E-state index in [1.165, 1.54) is 18.3 Å². The number of halogens is 4. The smallest absolute Gasteiger partial charge is 0.263 e. The van der Waals surface area contributed by atoms with E-state index in [1.807, 2.05) is 4.72 Å². The van der Waals surface area contributed by atoms with Crippen LogP contribution in [0.1, 0.15) is 22.3 Å². The third-order valence-electron chi connectivity index (χ3n) is 4.31. The largest absolute Gasteiger partial charge is 0.392 e. The van der Waals surface area contributed by atoms with E-state index in [2.05, 4.69) is 16.8 Å². The van der Waals surface area contributed by atoms with Gasteiger partial charge in [-0.2, -0.15) is 0 Å². The van der Waals surface area contributed by atoms with Crippen LogP contribution in [0.15, 0.2) is 41.4 Å². The number of anilines is 2. The van der Waals surface area contributed by atoms with Crippen molar-refractivity contribution in [2.45, 2.75) is 11.5 Å². The molecule has 0 bridgehead atoms. The first kappa shape index (κ1) is 24.4. The number of aromatic nitrogens is 1. The van der Waals surface area contributed by atoms with Crippen LogP contribution >= 0.6 is 23.2 Å². The minimum atomic E-state index is -4.47. The Kier molecular flexibility index (Phi) is 7.19. The molecule has 0 atom stereocenters. The van der Waals surface area contributed by atoms with Crippen LogP contribution in [0.25, 0.3) is 0 Å². The van der Waals surface area contributed by atoms with E-state index in [-0.39, 0.29) is 32.6 Å². The Morgan fingerprint density at radius 2 is 1.94 bits per heavy atom. The normalized spacial score (nSPS) is 10.9. The Balaban J connectivity index is 2.02. The van der Waals surface area contributed by atoms with Crippen molar-refractivity contribution in [2.75, 3.05) is 10.5 Å². The summed E-state index contributed by atoms with van der Waals surface area (Å²) in [4.78, 5) is 3.34. The van der Waals surface area contributed by atoms with Crippen LogP contribution in [0, 0.1) is 28.9 Å². The first-order chi connectivity index (χ1) is 15.6. The highest BCUT2D eigenvalue weighted by Crippen LogP contribution is 2.32. The molecule has 3 rings (SSSR count). The minimum absolute atomic E-state index is 0.0173. The number of aliphatic hydroxyl groups is 1. The zero-order valence-corrected chi connectivity index (χ0v) is 18.8. The van der Waals surface area contributed by atoms with Crippen molar-refractivity contribution in [3.63, 3.8) is 0 Å². The Bertz CT molecular complexity index is 1440. The van der Waals surface area contributed by atoms with Crippen LogP contribution < -0.4 is 10.5 Å². The van der Waals surface area contributed by atoms with E-state index in [0.29, 0.717) is 0 Å². The number of benzene rings is 2. The van der Waals surface area contributed by atoms with Crippen molar-refractivity contribution in [1.29, 1.82) is 5.41 Å². The lowest BCUT2D eigenvalue weighted by Crippen LogP contribution is -2.16. The fraction of sp³-hybridized carbons (Fsp3) is 0.0476. The summed E-state index contributed by atoms with van der Waals surface area (Å²) in [5, 5.41) is 16.3. The lowest BCUT2D eigenvalue weighted by molar-refractivity contribution is 0.281. The Morgan fingerprint density at radius 1 is 1.21 bits per heavy atom. The number of rotatable bonds is 5. The average molecular weight is 511 g/mol. The number of sulfonamides is 1. The minimum Gasteiger partial charge on any atom is -0.392 e. The highest BCUT2D eigenvalue weighted by molar-refractivity contribution is 7.92. The summed E-state index contributed by atoms with van der Waals surface area (Å²) in [5.74, 6) is 2.61. The maximum atomic E-state index is 15.0. The second-order valence-corrected chi connectivity index (χ2v) is 8.98. The van der Waals surface area contributed by atoms with Crippen molar-refractivity contribution >= 4 is 50.9 Å². The van der Waals surface area contributed by atoms with Gasteiger partial charge >= 0.3 is 0 Å². The van der Waals surface area contributed by atoms with Crippen molar-refractivity contribution in [1.82, 2.24) is 4.98 Å². The third-order valence-corrected chi connectivity index (χ3v) is 6.48. The molecule has 0 aliphatic heterocycles. The number of pyridine rings is 1. The molecule has 7 nitrogen and oxygen atoms in total. The standard InChI is InChI=1S/C21H14Cl2F2N4O3S/c22-14-6-13(10-30)19(23)18(7-14)33(31,32)29-17-4-3-16(24)15(20(17)25)2-1-11-5-12(8-26)21(27)28-9-11/h3-9,26,29-30H,10H2,(H2,27,28). The number of hydrogen-bond acceptors (Lipinski definition) is 6. The number of nitrogens with zero attached hydrogens (tertiary/aromatic N) is 1. The van der Waals surface area contributed by atoms with Crippen molar-refractivity contribution < 1.29 is 22.3 Å². The fourth-order valence-corrected chi connectivity index (χ4v) is 4.67. The van der Waals surface area contributed by atoms with Crippen molar-refractivity contribution in [2.24, 2.45) is 0 Å². The van der Waals surface area contributed by atoms with Gasteiger partial charge in [-0.1, -0.05) is 35.0 Å². The zero-order valence-electron chi connectivity index (χ0n) is 16.5. The predicted molar refractivity (Wildman–Crippen MR) is 122 cm³/mol. The molecular weight excluding hydrogens is 497 g/mol. The van der Waals surface area contributed by atoms with Gasteiger partial charge in [-0.3, -0.25) is 4.72 Å². The fourth-order valence-electron chi connectivity index (χ4n) is 2.69. The van der Waals surface area contributed by atoms with Crippen LogP contribution in [0.4, 0.5) is 20.3 Å². The Labute approximate surface area is 197 Å². The van der Waals surface area contributed by atoms with Crippen LogP contribution in [0.5, 0.6) is 0 Å². The van der Waals surface area contributed by atoms with Gasteiger partial charge in [-0.25, -0.2) is 22.2 Å². The van der Waals surface area contributed by atoms with E-state index in [1.54, 1.807) is 0 Å². The van der Waals surface area contributed by atoms with E-state index < -0.39 is 44.4 Å². The highest BCUT2D eigenvalue weighted by atomic mass is 35.5. The molecular formula is C21H14Cl2F2N4O3S. The molecule has 0 saturated carbocycles. The Hall–Kier alpha value is -3.23. The summed E-state index contributed by atoms with van der Waals surface area (Å²) in [5.41, 5.74) is 4.86. The molecule has 0 amide bonds. The van der Waals surface area contributed by atoms with Crippen molar-refractivity contribution in [3.8, 4) is 11.8 Å². The summed E-state index contributed by atoms with van der Waals surface area (Å²) in [7, 11) is -4.47. The van der Waals surface area contributed by atoms with Gasteiger partial charge in [0.25, 0.3) is 10.0 Å². The molecule has 0 unspecified atom stereocenters. The van der Waals surface area contributed by atoms with Crippen LogP contribution in [-0.4, -0.2) is 24.7 Å². The van der Waals surface area contributed by atoms with Gasteiger partial charge in [0.1, 0.15) is 16.5 Å². The SMILES string of the molecule is N=Cc1cc(C#Cc2c(F)ccc(NS(=O)(=O)c3cc(Cl)cc(CO)c3Cl)c2F)cnc1N. The number of nitrogens with one attached hydrogen (secondary N) is 2. The molecule has 0 saturated heterocycles. The van der Waals surface area contributed by atoms with Crippen LogP contribution in [0.3, 0.4) is 0 Å². The zero-order chi connectivity index (χ0) is 24.3. The molecule has 12 heteroatoms. The maximum absolute atomic E-state index is 15.0. The molecule has 170 valence electrons. The number of aliphatic hydroxyl groups excluding tert-OH is 1. The molecule has 0 fully saturated rings. The first-order valence-electron chi connectivity index (χ1n) is 8.95. The second kappa shape index (κ2) is 9.72. The topological polar surface area (TPSA) is 129 Å². The highest BCUT2D eigenvalue weighted by Gasteiger charge is 2.24. The van der Waals surface area contributed by atoms with E-state index in [0.717, 1.165) is 24.4 Å². The molecule has 2 aromatic carbocycles. The molecule has 3 aromatic rings. The number of hydrogen-bond donors (Lipinski definition) is 4. The van der Waals surface area contributed by atoms with Gasteiger partial charge in [0.2, 0.25) is 0 Å². The molecule has 1 aromatic heterocycles. The molecule has 0 spiro atoms. The van der Waals surface area contributed by atoms with Gasteiger partial charge < -0.3 is 16.2 Å². The Morgan fingerprint density at radius 3 is 2.61 bits per heavy atom. The molecule has 0 radical (unpaired) electrons. The third kappa shape index (κ3) is 5.23. The van der Waals surface area contributed by atoms with Crippen LogP contribution in [-0.2, 0) is 16.6 Å². The lowest BCUT2D eigenvalue weighted by Gasteiger charge is -2.13.